The maximum atomic E-state index is 12.9. The molecule has 1 aromatic rings. The van der Waals surface area contributed by atoms with Gasteiger partial charge in [0.15, 0.2) is 0 Å². The Bertz CT molecular complexity index is 383. The van der Waals surface area contributed by atoms with Crippen molar-refractivity contribution in [2.45, 2.75) is 12.1 Å². The molecule has 0 atom stereocenters. The number of benzene rings is 1. The van der Waals surface area contributed by atoms with E-state index in [9.17, 15) is 22.0 Å². The fraction of sp³-hybridized carbons (Fsp3) is 0.200. The third kappa shape index (κ3) is 2.32. The molecule has 0 spiro atoms. The predicted octanol–water partition coefficient (Wildman–Crippen LogP) is 3.86. The maximum Gasteiger partial charge on any atom is 0.458 e. The maximum absolute atomic E-state index is 12.9. The minimum atomic E-state index is -5.63. The molecule has 0 bridgehead atoms. The Hall–Kier alpha value is -1.59. The molecule has 0 fully saturated rings. The van der Waals surface area contributed by atoms with Crippen LogP contribution in [0.2, 0.25) is 0 Å². The lowest BCUT2D eigenvalue weighted by Gasteiger charge is -2.20. The van der Waals surface area contributed by atoms with Crippen LogP contribution in [-0.4, -0.2) is 6.18 Å². The van der Waals surface area contributed by atoms with Crippen LogP contribution in [0.3, 0.4) is 0 Å². The summed E-state index contributed by atoms with van der Waals surface area (Å²) in [5.74, 6) is -5.02. The number of hydrogen-bond acceptors (Lipinski definition) is 1. The van der Waals surface area contributed by atoms with Crippen molar-refractivity contribution in [1.82, 2.24) is 0 Å². The van der Waals surface area contributed by atoms with Crippen LogP contribution in [0.1, 0.15) is 5.56 Å². The lowest BCUT2D eigenvalue weighted by Crippen LogP contribution is -2.33. The van der Waals surface area contributed by atoms with Crippen molar-refractivity contribution < 1.29 is 26.7 Å². The van der Waals surface area contributed by atoms with Crippen LogP contribution in [-0.2, 0) is 5.92 Å². The van der Waals surface area contributed by atoms with Crippen LogP contribution >= 0.6 is 0 Å². The molecule has 0 aliphatic rings. The zero-order valence-corrected chi connectivity index (χ0v) is 7.89. The minimum Gasteiger partial charge on any atom is -0.466 e. The predicted molar refractivity (Wildman–Crippen MR) is 47.2 cm³/mol. The van der Waals surface area contributed by atoms with E-state index < -0.39 is 17.7 Å². The molecule has 0 radical (unpaired) electrons. The second-order valence-electron chi connectivity index (χ2n) is 2.88. The zero-order chi connectivity index (χ0) is 12.4. The molecule has 88 valence electrons. The summed E-state index contributed by atoms with van der Waals surface area (Å²) in [6.45, 7) is 3.16. The van der Waals surface area contributed by atoms with Crippen LogP contribution < -0.4 is 4.74 Å². The van der Waals surface area contributed by atoms with E-state index in [1.165, 1.54) is 6.07 Å². The van der Waals surface area contributed by atoms with Crippen LogP contribution in [0.25, 0.3) is 0 Å². The van der Waals surface area contributed by atoms with Gasteiger partial charge in [-0.05, 0) is 12.1 Å². The fourth-order valence-corrected chi connectivity index (χ4v) is 1.02. The third-order valence-electron chi connectivity index (χ3n) is 1.77. The molecule has 0 saturated carbocycles. The molecular weight excluding hydrogens is 231 g/mol. The highest BCUT2D eigenvalue weighted by Crippen LogP contribution is 2.44. The van der Waals surface area contributed by atoms with Gasteiger partial charge in [-0.1, -0.05) is 18.7 Å². The van der Waals surface area contributed by atoms with Crippen LogP contribution in [0.15, 0.2) is 37.1 Å². The van der Waals surface area contributed by atoms with Crippen molar-refractivity contribution in [3.05, 3.63) is 42.7 Å². The van der Waals surface area contributed by atoms with Gasteiger partial charge in [0.25, 0.3) is 0 Å². The lowest BCUT2D eigenvalue weighted by molar-refractivity contribution is -0.289. The molecule has 0 saturated heterocycles. The van der Waals surface area contributed by atoms with Crippen molar-refractivity contribution in [2.75, 3.05) is 0 Å². The number of hydrogen-bond donors (Lipinski definition) is 0. The van der Waals surface area contributed by atoms with Crippen molar-refractivity contribution in [2.24, 2.45) is 0 Å². The Morgan fingerprint density at radius 1 is 1.12 bits per heavy atom. The van der Waals surface area contributed by atoms with Crippen molar-refractivity contribution in [1.29, 1.82) is 0 Å². The van der Waals surface area contributed by atoms with Gasteiger partial charge in [-0.25, -0.2) is 0 Å². The Kier molecular flexibility index (Phi) is 3.21. The molecule has 16 heavy (non-hydrogen) atoms. The van der Waals surface area contributed by atoms with Crippen molar-refractivity contribution in [3.8, 4) is 5.75 Å². The van der Waals surface area contributed by atoms with Crippen LogP contribution in [0.5, 0.6) is 5.75 Å². The first-order valence-electron chi connectivity index (χ1n) is 4.11. The molecule has 1 aromatic carbocycles. The van der Waals surface area contributed by atoms with E-state index in [0.717, 1.165) is 12.3 Å². The Balaban J connectivity index is 3.13. The van der Waals surface area contributed by atoms with Crippen molar-refractivity contribution in [3.63, 3.8) is 0 Å². The van der Waals surface area contributed by atoms with Gasteiger partial charge in [0.2, 0.25) is 0 Å². The highest BCUT2D eigenvalue weighted by molar-refractivity contribution is 5.32. The quantitative estimate of drug-likeness (QED) is 0.573. The third-order valence-corrected chi connectivity index (χ3v) is 1.77. The highest BCUT2D eigenvalue weighted by atomic mass is 19.4. The molecule has 1 rings (SSSR count). The first kappa shape index (κ1) is 12.5. The van der Waals surface area contributed by atoms with Gasteiger partial charge in [0.1, 0.15) is 5.75 Å². The molecule has 0 aliphatic carbocycles. The van der Waals surface area contributed by atoms with Crippen LogP contribution in [0.4, 0.5) is 22.0 Å². The summed E-state index contributed by atoms with van der Waals surface area (Å²) in [7, 11) is 0. The van der Waals surface area contributed by atoms with Gasteiger partial charge < -0.3 is 4.74 Å². The van der Waals surface area contributed by atoms with Gasteiger partial charge in [-0.3, -0.25) is 0 Å². The van der Waals surface area contributed by atoms with E-state index in [1.54, 1.807) is 0 Å². The van der Waals surface area contributed by atoms with Crippen LogP contribution in [0, 0.1) is 0 Å². The first-order chi connectivity index (χ1) is 7.29. The van der Waals surface area contributed by atoms with Crippen molar-refractivity contribution >= 4 is 0 Å². The van der Waals surface area contributed by atoms with Gasteiger partial charge >= 0.3 is 12.1 Å². The van der Waals surface area contributed by atoms with Gasteiger partial charge in [-0.15, -0.1) is 0 Å². The zero-order valence-electron chi connectivity index (χ0n) is 7.89. The molecule has 1 nitrogen and oxygen atoms in total. The monoisotopic (exact) mass is 238 g/mol. The van der Waals surface area contributed by atoms with E-state index in [-0.39, 0.29) is 5.75 Å². The number of ether oxygens (including phenoxy) is 1. The smallest absolute Gasteiger partial charge is 0.458 e. The molecule has 0 N–H and O–H groups in total. The van der Waals surface area contributed by atoms with E-state index in [0.29, 0.717) is 12.1 Å². The molecule has 0 unspecified atom stereocenters. The van der Waals surface area contributed by atoms with Gasteiger partial charge in [0, 0.05) is 5.56 Å². The van der Waals surface area contributed by atoms with Gasteiger partial charge in [0.05, 0.1) is 6.26 Å². The summed E-state index contributed by atoms with van der Waals surface area (Å²) in [5.41, 5.74) is -1.17. The number of halogens is 5. The average molecular weight is 238 g/mol. The molecule has 0 aromatic heterocycles. The summed E-state index contributed by atoms with van der Waals surface area (Å²) >= 11 is 0. The summed E-state index contributed by atoms with van der Waals surface area (Å²) in [4.78, 5) is 0. The van der Waals surface area contributed by atoms with E-state index in [2.05, 4.69) is 11.3 Å². The molecule has 6 heteroatoms. The SMILES string of the molecule is C=COc1cccc(C(F)(F)C(F)(F)F)c1. The van der Waals surface area contributed by atoms with E-state index in [4.69, 9.17) is 0 Å². The minimum absolute atomic E-state index is 0.128. The van der Waals surface area contributed by atoms with E-state index in [1.807, 2.05) is 0 Å². The Morgan fingerprint density at radius 2 is 1.75 bits per heavy atom. The normalized spacial score (nSPS) is 12.3. The molecular formula is C10H7F5O. The molecule has 0 aliphatic heterocycles. The summed E-state index contributed by atoms with van der Waals surface area (Å²) in [6, 6.07) is 3.60. The largest absolute Gasteiger partial charge is 0.466 e. The lowest BCUT2D eigenvalue weighted by atomic mass is 10.1. The fourth-order valence-electron chi connectivity index (χ4n) is 1.02. The van der Waals surface area contributed by atoms with E-state index >= 15 is 0 Å². The average Bonchev–Trinajstić information content (AvgIpc) is 2.17. The number of rotatable bonds is 3. The second-order valence-corrected chi connectivity index (χ2v) is 2.88. The topological polar surface area (TPSA) is 9.23 Å². The number of alkyl halides is 5. The second kappa shape index (κ2) is 4.11. The molecule has 0 heterocycles. The standard InChI is InChI=1S/C10H7F5O/c1-2-16-8-5-3-4-7(6-8)9(11,12)10(13,14)15/h2-6H,1H2. The summed E-state index contributed by atoms with van der Waals surface area (Å²) in [5, 5.41) is 0. The Morgan fingerprint density at radius 3 is 2.25 bits per heavy atom. The first-order valence-corrected chi connectivity index (χ1v) is 4.11. The summed E-state index contributed by atoms with van der Waals surface area (Å²) < 4.78 is 66.4. The highest BCUT2D eigenvalue weighted by Gasteiger charge is 2.58. The molecule has 0 amide bonds. The Labute approximate surface area is 88.1 Å². The summed E-state index contributed by atoms with van der Waals surface area (Å²) in [6.07, 6.45) is -4.69. The van der Waals surface area contributed by atoms with Gasteiger partial charge in [-0.2, -0.15) is 22.0 Å².